The van der Waals surface area contributed by atoms with Crippen LogP contribution in [0.1, 0.15) is 22.3 Å². The van der Waals surface area contributed by atoms with E-state index in [-0.39, 0.29) is 29.4 Å². The molecule has 1 unspecified atom stereocenters. The third-order valence-electron chi connectivity index (χ3n) is 3.32. The summed E-state index contributed by atoms with van der Waals surface area (Å²) < 4.78 is 27.9. The zero-order chi connectivity index (χ0) is 16.3. The summed E-state index contributed by atoms with van der Waals surface area (Å²) in [4.78, 5) is 22.9. The molecule has 0 radical (unpaired) electrons. The quantitative estimate of drug-likeness (QED) is 0.809. The van der Waals surface area contributed by atoms with Crippen molar-refractivity contribution < 1.29 is 27.9 Å². The number of nitrogens with one attached hydrogen (secondary N) is 1. The van der Waals surface area contributed by atoms with Gasteiger partial charge >= 0.3 is 5.97 Å². The molecular formula is C14H17NO6S. The second kappa shape index (κ2) is 6.35. The second-order valence-electron chi connectivity index (χ2n) is 5.26. The van der Waals surface area contributed by atoms with E-state index in [9.17, 15) is 18.0 Å². The number of carboxylic acids is 1. The SMILES string of the molecule is Cc1ccc(C(=O)O)c(OCC(=O)NC2CCS(=O)(=O)C2)c1. The molecule has 1 aromatic rings. The molecule has 1 aromatic carbocycles. The fourth-order valence-corrected chi connectivity index (χ4v) is 3.92. The Hall–Kier alpha value is -2.09. The van der Waals surface area contributed by atoms with Crippen LogP contribution >= 0.6 is 0 Å². The highest BCUT2D eigenvalue weighted by Gasteiger charge is 2.29. The lowest BCUT2D eigenvalue weighted by atomic mass is 10.1. The van der Waals surface area contributed by atoms with Gasteiger partial charge < -0.3 is 15.2 Å². The first-order valence-corrected chi connectivity index (χ1v) is 8.55. The van der Waals surface area contributed by atoms with Gasteiger partial charge in [0.25, 0.3) is 5.91 Å². The van der Waals surface area contributed by atoms with Gasteiger partial charge in [-0.05, 0) is 31.0 Å². The van der Waals surface area contributed by atoms with E-state index in [2.05, 4.69) is 5.32 Å². The minimum absolute atomic E-state index is 0.0261. The van der Waals surface area contributed by atoms with E-state index in [1.165, 1.54) is 12.1 Å². The molecule has 2 rings (SSSR count). The van der Waals surface area contributed by atoms with Crippen molar-refractivity contribution in [2.45, 2.75) is 19.4 Å². The van der Waals surface area contributed by atoms with Crippen LogP contribution in [0.15, 0.2) is 18.2 Å². The van der Waals surface area contributed by atoms with E-state index in [1.807, 2.05) is 0 Å². The van der Waals surface area contributed by atoms with Gasteiger partial charge in [0.05, 0.1) is 11.5 Å². The van der Waals surface area contributed by atoms with Crippen molar-refractivity contribution in [2.24, 2.45) is 0 Å². The Labute approximate surface area is 128 Å². The molecule has 0 aromatic heterocycles. The van der Waals surface area contributed by atoms with Crippen molar-refractivity contribution in [1.82, 2.24) is 5.32 Å². The summed E-state index contributed by atoms with van der Waals surface area (Å²) in [5.41, 5.74) is 0.782. The highest BCUT2D eigenvalue weighted by atomic mass is 32.2. The van der Waals surface area contributed by atoms with E-state index in [1.54, 1.807) is 13.0 Å². The number of carboxylic acid groups (broad SMARTS) is 1. The molecule has 1 heterocycles. The zero-order valence-electron chi connectivity index (χ0n) is 12.0. The predicted molar refractivity (Wildman–Crippen MR) is 78.8 cm³/mol. The van der Waals surface area contributed by atoms with Crippen molar-refractivity contribution in [1.29, 1.82) is 0 Å². The van der Waals surface area contributed by atoms with Gasteiger partial charge in [0.15, 0.2) is 16.4 Å². The lowest BCUT2D eigenvalue weighted by Gasteiger charge is -2.13. The standard InChI is InChI=1S/C14H17NO6S/c1-9-2-3-11(14(17)18)12(6-9)21-7-13(16)15-10-4-5-22(19,20)8-10/h2-3,6,10H,4-5,7-8H2,1H3,(H,15,16)(H,17,18). The number of hydrogen-bond acceptors (Lipinski definition) is 5. The van der Waals surface area contributed by atoms with Crippen molar-refractivity contribution in [3.8, 4) is 5.75 Å². The predicted octanol–water partition coefficient (Wildman–Crippen LogP) is 0.375. The highest BCUT2D eigenvalue weighted by molar-refractivity contribution is 7.91. The van der Waals surface area contributed by atoms with Gasteiger partial charge in [0, 0.05) is 6.04 Å². The van der Waals surface area contributed by atoms with Gasteiger partial charge in [0.2, 0.25) is 0 Å². The van der Waals surface area contributed by atoms with E-state index in [4.69, 9.17) is 9.84 Å². The maximum Gasteiger partial charge on any atom is 0.339 e. The van der Waals surface area contributed by atoms with Crippen LogP contribution in [-0.2, 0) is 14.6 Å². The summed E-state index contributed by atoms with van der Waals surface area (Å²) in [6.45, 7) is 1.42. The Morgan fingerprint density at radius 1 is 1.41 bits per heavy atom. The Morgan fingerprint density at radius 2 is 2.14 bits per heavy atom. The summed E-state index contributed by atoms with van der Waals surface area (Å²) in [5.74, 6) is -1.50. The Morgan fingerprint density at radius 3 is 2.73 bits per heavy atom. The van der Waals surface area contributed by atoms with Crippen LogP contribution in [0.3, 0.4) is 0 Å². The number of sulfone groups is 1. The largest absolute Gasteiger partial charge is 0.483 e. The van der Waals surface area contributed by atoms with Crippen LogP contribution in [0.25, 0.3) is 0 Å². The van der Waals surface area contributed by atoms with Crippen molar-refractivity contribution in [3.05, 3.63) is 29.3 Å². The number of amides is 1. The molecule has 7 nitrogen and oxygen atoms in total. The first-order valence-electron chi connectivity index (χ1n) is 6.73. The number of benzene rings is 1. The fraction of sp³-hybridized carbons (Fsp3) is 0.429. The van der Waals surface area contributed by atoms with E-state index >= 15 is 0 Å². The van der Waals surface area contributed by atoms with Gasteiger partial charge in [-0.25, -0.2) is 13.2 Å². The molecule has 1 amide bonds. The molecule has 0 spiro atoms. The lowest BCUT2D eigenvalue weighted by molar-refractivity contribution is -0.123. The Bertz CT molecular complexity index is 697. The Balaban J connectivity index is 1.94. The van der Waals surface area contributed by atoms with Crippen molar-refractivity contribution in [3.63, 3.8) is 0 Å². The number of aryl methyl sites for hydroxylation is 1. The molecule has 1 aliphatic heterocycles. The lowest BCUT2D eigenvalue weighted by Crippen LogP contribution is -2.38. The smallest absolute Gasteiger partial charge is 0.339 e. The maximum atomic E-state index is 11.8. The molecule has 1 fully saturated rings. The molecule has 1 saturated heterocycles. The first-order chi connectivity index (χ1) is 10.3. The summed E-state index contributed by atoms with van der Waals surface area (Å²) in [5, 5.41) is 11.6. The van der Waals surface area contributed by atoms with Crippen LogP contribution in [0.4, 0.5) is 0 Å². The van der Waals surface area contributed by atoms with E-state index < -0.39 is 27.8 Å². The minimum atomic E-state index is -3.07. The summed E-state index contributed by atoms with van der Waals surface area (Å²) in [6.07, 6.45) is 0.388. The number of aromatic carboxylic acids is 1. The molecule has 120 valence electrons. The fourth-order valence-electron chi connectivity index (χ4n) is 2.25. The van der Waals surface area contributed by atoms with Crippen LogP contribution < -0.4 is 10.1 Å². The van der Waals surface area contributed by atoms with Gasteiger partial charge in [-0.2, -0.15) is 0 Å². The molecular weight excluding hydrogens is 310 g/mol. The van der Waals surface area contributed by atoms with Crippen LogP contribution in [-0.4, -0.2) is 49.6 Å². The second-order valence-corrected chi connectivity index (χ2v) is 7.49. The monoisotopic (exact) mass is 327 g/mol. The number of carbonyl (C=O) groups is 2. The number of ether oxygens (including phenoxy) is 1. The average molecular weight is 327 g/mol. The number of rotatable bonds is 5. The summed E-state index contributed by atoms with van der Waals surface area (Å²) in [6, 6.07) is 4.18. The molecule has 1 aliphatic rings. The number of carbonyl (C=O) groups excluding carboxylic acids is 1. The van der Waals surface area contributed by atoms with Gasteiger partial charge in [-0.15, -0.1) is 0 Å². The van der Waals surface area contributed by atoms with E-state index in [0.717, 1.165) is 5.56 Å². The summed E-state index contributed by atoms with van der Waals surface area (Å²) in [7, 11) is -3.07. The van der Waals surface area contributed by atoms with Crippen molar-refractivity contribution >= 4 is 21.7 Å². The molecule has 8 heteroatoms. The topological polar surface area (TPSA) is 110 Å². The van der Waals surface area contributed by atoms with Crippen LogP contribution in [0.5, 0.6) is 5.75 Å². The maximum absolute atomic E-state index is 11.8. The molecule has 0 saturated carbocycles. The van der Waals surface area contributed by atoms with Gasteiger partial charge in [-0.3, -0.25) is 4.79 Å². The van der Waals surface area contributed by atoms with Gasteiger partial charge in [-0.1, -0.05) is 6.07 Å². The normalized spacial score (nSPS) is 19.6. The molecule has 0 bridgehead atoms. The van der Waals surface area contributed by atoms with Crippen LogP contribution in [0, 0.1) is 6.92 Å². The molecule has 2 N–H and O–H groups in total. The third-order valence-corrected chi connectivity index (χ3v) is 5.09. The molecule has 0 aliphatic carbocycles. The van der Waals surface area contributed by atoms with Crippen LogP contribution in [0.2, 0.25) is 0 Å². The first kappa shape index (κ1) is 16.3. The van der Waals surface area contributed by atoms with E-state index in [0.29, 0.717) is 6.42 Å². The number of hydrogen-bond donors (Lipinski definition) is 2. The van der Waals surface area contributed by atoms with Gasteiger partial charge in [0.1, 0.15) is 11.3 Å². The molecule has 1 atom stereocenters. The molecule has 22 heavy (non-hydrogen) atoms. The third kappa shape index (κ3) is 4.20. The minimum Gasteiger partial charge on any atom is -0.483 e. The highest BCUT2D eigenvalue weighted by Crippen LogP contribution is 2.20. The van der Waals surface area contributed by atoms with Crippen molar-refractivity contribution in [2.75, 3.05) is 18.1 Å². The summed E-state index contributed by atoms with van der Waals surface area (Å²) >= 11 is 0. The zero-order valence-corrected chi connectivity index (χ0v) is 12.9. The average Bonchev–Trinajstić information content (AvgIpc) is 2.75. The Kier molecular flexibility index (Phi) is 4.70.